The first-order chi connectivity index (χ1) is 15.0. The van der Waals surface area contributed by atoms with Crippen LogP contribution >= 0.6 is 0 Å². The number of nitrogens with one attached hydrogen (secondary N) is 1. The van der Waals surface area contributed by atoms with Gasteiger partial charge in [-0.2, -0.15) is 0 Å². The molecule has 8 nitrogen and oxygen atoms in total. The smallest absolute Gasteiger partial charge is 0.404 e. The Morgan fingerprint density at radius 2 is 1.61 bits per heavy atom. The highest BCUT2D eigenvalue weighted by Gasteiger charge is 2.18. The fourth-order valence-corrected chi connectivity index (χ4v) is 3.68. The van der Waals surface area contributed by atoms with Crippen molar-refractivity contribution < 1.29 is 24.5 Å². The van der Waals surface area contributed by atoms with Gasteiger partial charge in [0.25, 0.3) is 0 Å². The second kappa shape index (κ2) is 11.5. The highest BCUT2D eigenvalue weighted by Crippen LogP contribution is 2.25. The maximum absolute atomic E-state index is 10.7. The van der Waals surface area contributed by atoms with Gasteiger partial charge in [-0.25, -0.2) is 9.59 Å². The first-order valence-electron chi connectivity index (χ1n) is 10.4. The Balaban J connectivity index is 1.53. The van der Waals surface area contributed by atoms with E-state index in [1.807, 2.05) is 30.3 Å². The SMILES string of the molecule is O=C(O)COCCN1CCN(Cc2ccccc2-c2ccc(CNC(=O)O)cc2)CC1. The molecule has 0 aliphatic carbocycles. The largest absolute Gasteiger partial charge is 0.480 e. The van der Waals surface area contributed by atoms with E-state index in [1.54, 1.807) is 0 Å². The van der Waals surface area contributed by atoms with E-state index in [0.717, 1.165) is 50.4 Å². The van der Waals surface area contributed by atoms with Gasteiger partial charge in [0.2, 0.25) is 0 Å². The lowest BCUT2D eigenvalue weighted by molar-refractivity contribution is -0.142. The number of piperazine rings is 1. The molecule has 0 atom stereocenters. The van der Waals surface area contributed by atoms with Gasteiger partial charge in [0.1, 0.15) is 6.61 Å². The first kappa shape index (κ1) is 22.7. The molecule has 166 valence electrons. The number of amides is 1. The number of ether oxygens (including phenoxy) is 1. The first-order valence-corrected chi connectivity index (χ1v) is 10.4. The van der Waals surface area contributed by atoms with Crippen LogP contribution in [0.1, 0.15) is 11.1 Å². The molecule has 1 aliphatic rings. The third kappa shape index (κ3) is 7.36. The molecule has 2 aromatic rings. The number of benzene rings is 2. The van der Waals surface area contributed by atoms with E-state index in [0.29, 0.717) is 13.2 Å². The summed E-state index contributed by atoms with van der Waals surface area (Å²) in [6, 6.07) is 16.3. The zero-order valence-corrected chi connectivity index (χ0v) is 17.5. The second-order valence-electron chi connectivity index (χ2n) is 7.58. The highest BCUT2D eigenvalue weighted by molar-refractivity contribution is 5.68. The van der Waals surface area contributed by atoms with Crippen LogP contribution in [0.3, 0.4) is 0 Å². The van der Waals surface area contributed by atoms with Crippen molar-refractivity contribution in [1.29, 1.82) is 0 Å². The third-order valence-electron chi connectivity index (χ3n) is 5.36. The van der Waals surface area contributed by atoms with Crippen LogP contribution in [-0.2, 0) is 22.6 Å². The number of carboxylic acids is 1. The van der Waals surface area contributed by atoms with Crippen LogP contribution in [0.15, 0.2) is 48.5 Å². The second-order valence-corrected chi connectivity index (χ2v) is 7.58. The van der Waals surface area contributed by atoms with Gasteiger partial charge in [-0.1, -0.05) is 48.5 Å². The van der Waals surface area contributed by atoms with Gasteiger partial charge >= 0.3 is 12.1 Å². The number of hydrogen-bond acceptors (Lipinski definition) is 5. The fraction of sp³-hybridized carbons (Fsp3) is 0.391. The van der Waals surface area contributed by atoms with Gasteiger partial charge in [0.05, 0.1) is 6.61 Å². The molecule has 31 heavy (non-hydrogen) atoms. The molecule has 2 aromatic carbocycles. The standard InChI is InChI=1S/C23H29N3O5/c27-22(28)17-31-14-13-25-9-11-26(12-10-25)16-20-3-1-2-4-21(20)19-7-5-18(6-8-19)15-24-23(29)30/h1-8,24H,9-17H2,(H,27,28)(H,29,30). The van der Waals surface area contributed by atoms with Crippen LogP contribution in [0.25, 0.3) is 11.1 Å². The molecule has 1 aliphatic heterocycles. The monoisotopic (exact) mass is 427 g/mol. The van der Waals surface area contributed by atoms with Crippen molar-refractivity contribution in [2.45, 2.75) is 13.1 Å². The Morgan fingerprint density at radius 1 is 0.935 bits per heavy atom. The van der Waals surface area contributed by atoms with E-state index in [2.05, 4.69) is 33.3 Å². The Labute approximate surface area is 182 Å². The average Bonchev–Trinajstić information content (AvgIpc) is 2.77. The van der Waals surface area contributed by atoms with E-state index in [-0.39, 0.29) is 6.61 Å². The zero-order valence-electron chi connectivity index (χ0n) is 17.5. The Hall–Kier alpha value is -2.94. The number of nitrogens with zero attached hydrogens (tertiary/aromatic N) is 2. The molecule has 0 aromatic heterocycles. The maximum atomic E-state index is 10.7. The summed E-state index contributed by atoms with van der Waals surface area (Å²) in [6.07, 6.45) is -1.03. The summed E-state index contributed by atoms with van der Waals surface area (Å²) in [5.74, 6) is -0.935. The lowest BCUT2D eigenvalue weighted by atomic mass is 9.98. The van der Waals surface area contributed by atoms with Crippen molar-refractivity contribution in [2.75, 3.05) is 45.9 Å². The van der Waals surface area contributed by atoms with Gasteiger partial charge in [-0.05, 0) is 22.3 Å². The average molecular weight is 428 g/mol. The minimum Gasteiger partial charge on any atom is -0.480 e. The summed E-state index contributed by atoms with van der Waals surface area (Å²) in [5.41, 5.74) is 4.48. The predicted molar refractivity (Wildman–Crippen MR) is 117 cm³/mol. The van der Waals surface area contributed by atoms with Gasteiger partial charge in [0.15, 0.2) is 0 Å². The molecule has 0 radical (unpaired) electrons. The summed E-state index contributed by atoms with van der Waals surface area (Å²) in [6.45, 7) is 5.88. The van der Waals surface area contributed by atoms with Crippen LogP contribution in [-0.4, -0.2) is 78.0 Å². The third-order valence-corrected chi connectivity index (χ3v) is 5.36. The van der Waals surface area contributed by atoms with Gasteiger partial charge in [0, 0.05) is 45.8 Å². The summed E-state index contributed by atoms with van der Waals surface area (Å²) in [4.78, 5) is 25.9. The molecule has 8 heteroatoms. The number of carboxylic acid groups (broad SMARTS) is 2. The van der Waals surface area contributed by atoms with Crippen LogP contribution in [0, 0.1) is 0 Å². The molecule has 0 saturated carbocycles. The summed E-state index contributed by atoms with van der Waals surface area (Å²) in [5, 5.41) is 19.7. The minimum absolute atomic E-state index is 0.242. The van der Waals surface area contributed by atoms with Crippen molar-refractivity contribution in [2.24, 2.45) is 0 Å². The lowest BCUT2D eigenvalue weighted by Crippen LogP contribution is -2.46. The molecular weight excluding hydrogens is 398 g/mol. The molecule has 0 bridgehead atoms. The van der Waals surface area contributed by atoms with Crippen molar-refractivity contribution in [3.8, 4) is 11.1 Å². The molecule has 3 N–H and O–H groups in total. The van der Waals surface area contributed by atoms with Crippen molar-refractivity contribution in [3.05, 3.63) is 59.7 Å². The normalized spacial score (nSPS) is 15.0. The van der Waals surface area contributed by atoms with Crippen molar-refractivity contribution in [3.63, 3.8) is 0 Å². The molecule has 0 unspecified atom stereocenters. The van der Waals surface area contributed by atoms with Crippen molar-refractivity contribution in [1.82, 2.24) is 15.1 Å². The quantitative estimate of drug-likeness (QED) is 0.500. The van der Waals surface area contributed by atoms with Crippen LogP contribution < -0.4 is 5.32 Å². The van der Waals surface area contributed by atoms with Gasteiger partial charge in [-0.3, -0.25) is 9.80 Å². The number of aliphatic carboxylic acids is 1. The van der Waals surface area contributed by atoms with Crippen LogP contribution in [0.4, 0.5) is 4.79 Å². The van der Waals surface area contributed by atoms with E-state index in [1.165, 1.54) is 11.1 Å². The van der Waals surface area contributed by atoms with Crippen LogP contribution in [0.2, 0.25) is 0 Å². The lowest BCUT2D eigenvalue weighted by Gasteiger charge is -2.35. The van der Waals surface area contributed by atoms with Gasteiger partial charge < -0.3 is 20.3 Å². The van der Waals surface area contributed by atoms with Crippen molar-refractivity contribution >= 4 is 12.1 Å². The predicted octanol–water partition coefficient (Wildman–Crippen LogP) is 2.34. The molecule has 1 fully saturated rings. The molecule has 1 amide bonds. The maximum Gasteiger partial charge on any atom is 0.404 e. The summed E-state index contributed by atoms with van der Waals surface area (Å²) < 4.78 is 5.13. The highest BCUT2D eigenvalue weighted by atomic mass is 16.5. The fourth-order valence-electron chi connectivity index (χ4n) is 3.68. The summed E-state index contributed by atoms with van der Waals surface area (Å²) >= 11 is 0. The van der Waals surface area contributed by atoms with E-state index in [4.69, 9.17) is 14.9 Å². The topological polar surface area (TPSA) is 102 Å². The minimum atomic E-state index is -1.03. The summed E-state index contributed by atoms with van der Waals surface area (Å²) in [7, 11) is 0. The molecule has 0 spiro atoms. The van der Waals surface area contributed by atoms with E-state index < -0.39 is 12.1 Å². The Morgan fingerprint density at radius 3 is 2.29 bits per heavy atom. The molecule has 3 rings (SSSR count). The number of rotatable bonds is 10. The van der Waals surface area contributed by atoms with E-state index in [9.17, 15) is 9.59 Å². The van der Waals surface area contributed by atoms with Gasteiger partial charge in [-0.15, -0.1) is 0 Å². The number of hydrogen-bond donors (Lipinski definition) is 3. The van der Waals surface area contributed by atoms with E-state index >= 15 is 0 Å². The molecule has 1 heterocycles. The Kier molecular flexibility index (Phi) is 8.40. The molecule has 1 saturated heterocycles. The zero-order chi connectivity index (χ0) is 22.1. The molecular formula is C23H29N3O5. The number of carbonyl (C=O) groups is 2. The van der Waals surface area contributed by atoms with Crippen LogP contribution in [0.5, 0.6) is 0 Å². The Bertz CT molecular complexity index is 864.